The predicted octanol–water partition coefficient (Wildman–Crippen LogP) is 2.76. The summed E-state index contributed by atoms with van der Waals surface area (Å²) in [7, 11) is -2.64. The number of methoxy groups -OCH3 is 1. The smallest absolute Gasteiger partial charge is 0.349 e. The van der Waals surface area contributed by atoms with Crippen LogP contribution in [0.15, 0.2) is 59.3 Å². The molecule has 7 nitrogen and oxygen atoms in total. The quantitative estimate of drug-likeness (QED) is 0.653. The largest absolute Gasteiger partial charge is 0.465 e. The summed E-state index contributed by atoms with van der Waals surface area (Å²) in [5.74, 6) is -0.669. The SMILES string of the molecule is COC(=O)c1sccc1S(=O)(=O)NC(C)c1ccc(-n2ccnc2)cc1. The van der Waals surface area contributed by atoms with E-state index in [1.54, 1.807) is 24.8 Å². The summed E-state index contributed by atoms with van der Waals surface area (Å²) >= 11 is 1.03. The number of hydrogen-bond donors (Lipinski definition) is 1. The molecule has 1 N–H and O–H groups in total. The molecule has 2 aromatic heterocycles. The number of benzene rings is 1. The third-order valence-corrected chi connectivity index (χ3v) is 6.42. The van der Waals surface area contributed by atoms with E-state index in [1.165, 1.54) is 13.2 Å². The highest BCUT2D eigenvalue weighted by Gasteiger charge is 2.26. The van der Waals surface area contributed by atoms with Gasteiger partial charge < -0.3 is 9.30 Å². The van der Waals surface area contributed by atoms with E-state index in [1.807, 2.05) is 35.0 Å². The number of carbonyl (C=O) groups is 1. The lowest BCUT2D eigenvalue weighted by Crippen LogP contribution is -2.27. The Bertz CT molecular complexity index is 993. The average Bonchev–Trinajstić information content (AvgIpc) is 3.32. The second kappa shape index (κ2) is 7.40. The van der Waals surface area contributed by atoms with Crippen molar-refractivity contribution in [2.45, 2.75) is 17.9 Å². The van der Waals surface area contributed by atoms with Gasteiger partial charge in [0, 0.05) is 24.1 Å². The van der Waals surface area contributed by atoms with Crippen molar-refractivity contribution in [3.63, 3.8) is 0 Å². The molecular weight excluding hydrogens is 374 g/mol. The molecule has 0 bridgehead atoms. The van der Waals surface area contributed by atoms with Gasteiger partial charge in [0.25, 0.3) is 0 Å². The van der Waals surface area contributed by atoms with Crippen LogP contribution >= 0.6 is 11.3 Å². The lowest BCUT2D eigenvalue weighted by molar-refractivity contribution is 0.0602. The number of rotatable bonds is 6. The van der Waals surface area contributed by atoms with Crippen LogP contribution in [0.25, 0.3) is 5.69 Å². The fourth-order valence-electron chi connectivity index (χ4n) is 2.46. The second-order valence-corrected chi connectivity index (χ2v) is 8.11. The molecule has 136 valence electrons. The van der Waals surface area contributed by atoms with Crippen molar-refractivity contribution in [1.82, 2.24) is 14.3 Å². The molecule has 0 aliphatic heterocycles. The number of aromatic nitrogens is 2. The third-order valence-electron chi connectivity index (χ3n) is 3.82. The summed E-state index contributed by atoms with van der Waals surface area (Å²) in [5.41, 5.74) is 1.72. The van der Waals surface area contributed by atoms with Crippen LogP contribution in [0.3, 0.4) is 0 Å². The van der Waals surface area contributed by atoms with Gasteiger partial charge >= 0.3 is 5.97 Å². The Hall–Kier alpha value is -2.49. The molecular formula is C17H17N3O4S2. The highest BCUT2D eigenvalue weighted by Crippen LogP contribution is 2.25. The van der Waals surface area contributed by atoms with E-state index < -0.39 is 22.0 Å². The van der Waals surface area contributed by atoms with E-state index in [0.717, 1.165) is 22.6 Å². The third kappa shape index (κ3) is 3.69. The van der Waals surface area contributed by atoms with Crippen LogP contribution in [-0.2, 0) is 14.8 Å². The summed E-state index contributed by atoms with van der Waals surface area (Å²) < 4.78 is 34.4. The molecule has 2 heterocycles. The minimum Gasteiger partial charge on any atom is -0.465 e. The maximum absolute atomic E-state index is 12.6. The molecule has 26 heavy (non-hydrogen) atoms. The zero-order valence-electron chi connectivity index (χ0n) is 14.1. The summed E-state index contributed by atoms with van der Waals surface area (Å²) in [5, 5.41) is 1.55. The topological polar surface area (TPSA) is 90.3 Å². The monoisotopic (exact) mass is 391 g/mol. The van der Waals surface area contributed by atoms with Crippen molar-refractivity contribution < 1.29 is 17.9 Å². The van der Waals surface area contributed by atoms with Gasteiger partial charge in [0.15, 0.2) is 0 Å². The van der Waals surface area contributed by atoms with E-state index in [2.05, 4.69) is 14.4 Å². The number of nitrogens with zero attached hydrogens (tertiary/aromatic N) is 2. The molecule has 0 aliphatic carbocycles. The minimum atomic E-state index is -3.86. The normalized spacial score (nSPS) is 12.7. The number of sulfonamides is 1. The van der Waals surface area contributed by atoms with Gasteiger partial charge in [0.2, 0.25) is 10.0 Å². The van der Waals surface area contributed by atoms with E-state index >= 15 is 0 Å². The maximum Gasteiger partial charge on any atom is 0.349 e. The summed E-state index contributed by atoms with van der Waals surface area (Å²) in [6.45, 7) is 1.74. The number of nitrogens with one attached hydrogen (secondary N) is 1. The fraction of sp³-hybridized carbons (Fsp3) is 0.176. The van der Waals surface area contributed by atoms with Crippen LogP contribution < -0.4 is 4.72 Å². The van der Waals surface area contributed by atoms with Crippen LogP contribution in [0.5, 0.6) is 0 Å². The van der Waals surface area contributed by atoms with E-state index in [0.29, 0.717) is 0 Å². The Morgan fingerprint density at radius 2 is 2.00 bits per heavy atom. The standard InChI is InChI=1S/C17H17N3O4S2/c1-12(13-3-5-14(6-4-13)20-9-8-18-11-20)19-26(22,23)15-7-10-25-16(15)17(21)24-2/h3-12,19H,1-2H3. The molecule has 1 unspecified atom stereocenters. The molecule has 0 aliphatic rings. The second-order valence-electron chi connectivity index (χ2n) is 5.51. The highest BCUT2D eigenvalue weighted by atomic mass is 32.2. The molecule has 1 aromatic carbocycles. The van der Waals surface area contributed by atoms with Crippen LogP contribution in [0, 0.1) is 0 Å². The molecule has 0 saturated carbocycles. The first kappa shape index (κ1) is 18.3. The molecule has 9 heteroatoms. The Morgan fingerprint density at radius 1 is 1.27 bits per heavy atom. The number of thiophene rings is 1. The summed E-state index contributed by atoms with van der Waals surface area (Å²) in [6, 6.07) is 8.38. The summed E-state index contributed by atoms with van der Waals surface area (Å²) in [6.07, 6.45) is 5.20. The lowest BCUT2D eigenvalue weighted by Gasteiger charge is -2.15. The zero-order chi connectivity index (χ0) is 18.7. The molecule has 0 fully saturated rings. The van der Waals surface area contributed by atoms with Crippen molar-refractivity contribution in [2.24, 2.45) is 0 Å². The van der Waals surface area contributed by atoms with Gasteiger partial charge in [-0.3, -0.25) is 0 Å². The van der Waals surface area contributed by atoms with Gasteiger partial charge in [-0.2, -0.15) is 0 Å². The number of imidazole rings is 1. The van der Waals surface area contributed by atoms with Crippen molar-refractivity contribution in [3.05, 3.63) is 64.9 Å². The molecule has 0 amide bonds. The Balaban J connectivity index is 1.80. The van der Waals surface area contributed by atoms with Crippen LogP contribution in [0.1, 0.15) is 28.2 Å². The Kier molecular flexibility index (Phi) is 5.21. The van der Waals surface area contributed by atoms with E-state index in [-0.39, 0.29) is 9.77 Å². The van der Waals surface area contributed by atoms with Gasteiger partial charge in [0.1, 0.15) is 9.77 Å². The molecule has 0 saturated heterocycles. The van der Waals surface area contributed by atoms with Crippen molar-refractivity contribution in [3.8, 4) is 5.69 Å². The van der Waals surface area contributed by atoms with E-state index in [4.69, 9.17) is 0 Å². The van der Waals surface area contributed by atoms with Gasteiger partial charge in [0.05, 0.1) is 13.4 Å². The Labute approximate surface area is 155 Å². The molecule has 3 rings (SSSR count). The van der Waals surface area contributed by atoms with Crippen molar-refractivity contribution in [2.75, 3.05) is 7.11 Å². The zero-order valence-corrected chi connectivity index (χ0v) is 15.8. The first-order valence-corrected chi connectivity index (χ1v) is 10.0. The van der Waals surface area contributed by atoms with Gasteiger partial charge in [-0.1, -0.05) is 12.1 Å². The van der Waals surface area contributed by atoms with Crippen molar-refractivity contribution in [1.29, 1.82) is 0 Å². The first-order valence-electron chi connectivity index (χ1n) is 7.69. The highest BCUT2D eigenvalue weighted by molar-refractivity contribution is 7.89. The minimum absolute atomic E-state index is 0.0580. The van der Waals surface area contributed by atoms with Crippen LogP contribution in [0.4, 0.5) is 0 Å². The van der Waals surface area contributed by atoms with Gasteiger partial charge in [-0.15, -0.1) is 11.3 Å². The van der Waals surface area contributed by atoms with E-state index in [9.17, 15) is 13.2 Å². The molecule has 0 radical (unpaired) electrons. The fourth-order valence-corrected chi connectivity index (χ4v) is 5.03. The number of esters is 1. The van der Waals surface area contributed by atoms with Crippen LogP contribution in [-0.4, -0.2) is 31.0 Å². The first-order chi connectivity index (χ1) is 12.4. The maximum atomic E-state index is 12.6. The summed E-state index contributed by atoms with van der Waals surface area (Å²) in [4.78, 5) is 15.7. The van der Waals surface area contributed by atoms with Gasteiger partial charge in [-0.25, -0.2) is 22.9 Å². The Morgan fingerprint density at radius 3 is 2.62 bits per heavy atom. The lowest BCUT2D eigenvalue weighted by atomic mass is 10.1. The number of carbonyl (C=O) groups excluding carboxylic acids is 1. The number of hydrogen-bond acceptors (Lipinski definition) is 6. The predicted molar refractivity (Wildman–Crippen MR) is 98.0 cm³/mol. The van der Waals surface area contributed by atoms with Gasteiger partial charge in [-0.05, 0) is 36.1 Å². The molecule has 0 spiro atoms. The number of ether oxygens (including phenoxy) is 1. The molecule has 3 aromatic rings. The molecule has 1 atom stereocenters. The van der Waals surface area contributed by atoms with Crippen LogP contribution in [0.2, 0.25) is 0 Å². The average molecular weight is 391 g/mol. The van der Waals surface area contributed by atoms with Crippen molar-refractivity contribution >= 4 is 27.3 Å².